The Morgan fingerprint density at radius 2 is 2.11 bits per heavy atom. The predicted molar refractivity (Wildman–Crippen MR) is 79.9 cm³/mol. The topological polar surface area (TPSA) is 54.0 Å². The number of halogens is 1. The van der Waals surface area contributed by atoms with E-state index in [1.165, 1.54) is 0 Å². The normalized spacial score (nSPS) is 12.0. The molecular weight excluding hydrogens is 262 g/mol. The molecule has 19 heavy (non-hydrogen) atoms. The van der Waals surface area contributed by atoms with Crippen LogP contribution >= 0.6 is 11.6 Å². The van der Waals surface area contributed by atoms with Crippen LogP contribution in [0.1, 0.15) is 50.4 Å². The van der Waals surface area contributed by atoms with E-state index in [1.807, 2.05) is 6.92 Å². The first kappa shape index (κ1) is 15.8. The number of carbonyl (C=O) groups is 1. The van der Waals surface area contributed by atoms with E-state index in [2.05, 4.69) is 29.5 Å². The molecule has 0 aromatic carbocycles. The first-order valence-electron chi connectivity index (χ1n) is 6.83. The largest absolute Gasteiger partial charge is 0.370 e. The van der Waals surface area contributed by atoms with E-state index in [0.29, 0.717) is 16.5 Å². The van der Waals surface area contributed by atoms with E-state index >= 15 is 0 Å². The van der Waals surface area contributed by atoms with Gasteiger partial charge in [0.1, 0.15) is 11.0 Å². The fourth-order valence-electron chi connectivity index (χ4n) is 1.90. The number of rotatable bonds is 7. The Labute approximate surface area is 120 Å². The molecule has 0 bridgehead atoms. The Kier molecular flexibility index (Phi) is 6.64. The minimum atomic E-state index is -0.0937. The van der Waals surface area contributed by atoms with Crippen molar-refractivity contribution in [2.75, 3.05) is 11.9 Å². The van der Waals surface area contributed by atoms with E-state index in [9.17, 15) is 4.79 Å². The second-order valence-electron chi connectivity index (χ2n) is 4.46. The standard InChI is InChI=1S/C14H22ClN3O/c1-4-7-11(5-2)17-14(19)10-8-12(15)18-13(9-10)16-6-3/h8-9,11H,4-7H2,1-3H3,(H,16,18)(H,17,19). The van der Waals surface area contributed by atoms with Gasteiger partial charge in [0.05, 0.1) is 0 Å². The zero-order chi connectivity index (χ0) is 14.3. The van der Waals surface area contributed by atoms with Gasteiger partial charge < -0.3 is 10.6 Å². The maximum Gasteiger partial charge on any atom is 0.251 e. The highest BCUT2D eigenvalue weighted by atomic mass is 35.5. The second kappa shape index (κ2) is 8.00. The monoisotopic (exact) mass is 283 g/mol. The SMILES string of the molecule is CCCC(CC)NC(=O)c1cc(Cl)nc(NCC)c1. The summed E-state index contributed by atoms with van der Waals surface area (Å²) in [5.41, 5.74) is 0.547. The van der Waals surface area contributed by atoms with Crippen molar-refractivity contribution in [3.8, 4) is 0 Å². The van der Waals surface area contributed by atoms with Crippen LogP contribution in [0.3, 0.4) is 0 Å². The van der Waals surface area contributed by atoms with Crippen LogP contribution < -0.4 is 10.6 Å². The highest BCUT2D eigenvalue weighted by Gasteiger charge is 2.13. The van der Waals surface area contributed by atoms with Gasteiger partial charge in [0.25, 0.3) is 5.91 Å². The van der Waals surface area contributed by atoms with Crippen molar-refractivity contribution >= 4 is 23.3 Å². The average molecular weight is 284 g/mol. The molecule has 106 valence electrons. The first-order chi connectivity index (χ1) is 9.10. The van der Waals surface area contributed by atoms with Crippen molar-refractivity contribution in [2.45, 2.75) is 46.1 Å². The number of hydrogen-bond donors (Lipinski definition) is 2. The molecule has 0 fully saturated rings. The quantitative estimate of drug-likeness (QED) is 0.753. The number of amides is 1. The van der Waals surface area contributed by atoms with Crippen LogP contribution in [0.15, 0.2) is 12.1 Å². The molecule has 1 amide bonds. The fraction of sp³-hybridized carbons (Fsp3) is 0.571. The molecular formula is C14H22ClN3O. The number of nitrogens with zero attached hydrogens (tertiary/aromatic N) is 1. The van der Waals surface area contributed by atoms with Gasteiger partial charge in [-0.1, -0.05) is 31.9 Å². The molecule has 4 nitrogen and oxygen atoms in total. The number of aromatic nitrogens is 1. The minimum absolute atomic E-state index is 0.0937. The molecule has 0 saturated heterocycles. The lowest BCUT2D eigenvalue weighted by molar-refractivity contribution is 0.0933. The van der Waals surface area contributed by atoms with Gasteiger partial charge in [0, 0.05) is 18.2 Å². The summed E-state index contributed by atoms with van der Waals surface area (Å²) in [4.78, 5) is 16.3. The maximum absolute atomic E-state index is 12.2. The predicted octanol–water partition coefficient (Wildman–Crippen LogP) is 3.48. The minimum Gasteiger partial charge on any atom is -0.370 e. The summed E-state index contributed by atoms with van der Waals surface area (Å²) in [6.07, 6.45) is 2.97. The van der Waals surface area contributed by atoms with Gasteiger partial charge in [0.2, 0.25) is 0 Å². The van der Waals surface area contributed by atoms with E-state index in [1.54, 1.807) is 12.1 Å². The third-order valence-electron chi connectivity index (χ3n) is 2.88. The van der Waals surface area contributed by atoms with Crippen molar-refractivity contribution in [1.82, 2.24) is 10.3 Å². The molecule has 0 aliphatic rings. The Hall–Kier alpha value is -1.29. The summed E-state index contributed by atoms with van der Waals surface area (Å²) in [5, 5.41) is 6.41. The molecule has 1 aromatic rings. The van der Waals surface area contributed by atoms with Crippen LogP contribution in [0, 0.1) is 0 Å². The summed E-state index contributed by atoms with van der Waals surface area (Å²) < 4.78 is 0. The molecule has 1 rings (SSSR count). The van der Waals surface area contributed by atoms with E-state index < -0.39 is 0 Å². The number of nitrogens with one attached hydrogen (secondary N) is 2. The highest BCUT2D eigenvalue weighted by Crippen LogP contribution is 2.15. The fourth-order valence-corrected chi connectivity index (χ4v) is 2.10. The van der Waals surface area contributed by atoms with E-state index in [-0.39, 0.29) is 11.9 Å². The summed E-state index contributed by atoms with van der Waals surface area (Å²) in [6.45, 7) is 6.89. The van der Waals surface area contributed by atoms with Gasteiger partial charge >= 0.3 is 0 Å². The lowest BCUT2D eigenvalue weighted by Crippen LogP contribution is -2.34. The van der Waals surface area contributed by atoms with Crippen LogP contribution in [0.5, 0.6) is 0 Å². The van der Waals surface area contributed by atoms with E-state index in [4.69, 9.17) is 11.6 Å². The Morgan fingerprint density at radius 3 is 2.68 bits per heavy atom. The van der Waals surface area contributed by atoms with Crippen LogP contribution in [-0.2, 0) is 0 Å². The number of anilines is 1. The van der Waals surface area contributed by atoms with Crippen molar-refractivity contribution in [2.24, 2.45) is 0 Å². The molecule has 1 unspecified atom stereocenters. The summed E-state index contributed by atoms with van der Waals surface area (Å²) in [5.74, 6) is 0.535. The second-order valence-corrected chi connectivity index (χ2v) is 4.85. The summed E-state index contributed by atoms with van der Waals surface area (Å²) >= 11 is 5.93. The number of carbonyl (C=O) groups excluding carboxylic acids is 1. The molecule has 1 heterocycles. The molecule has 5 heteroatoms. The summed E-state index contributed by atoms with van der Waals surface area (Å²) in [6, 6.07) is 3.53. The van der Waals surface area contributed by atoms with E-state index in [0.717, 1.165) is 25.8 Å². The molecule has 0 saturated carbocycles. The van der Waals surface area contributed by atoms with Gasteiger partial charge in [-0.3, -0.25) is 4.79 Å². The van der Waals surface area contributed by atoms with Gasteiger partial charge in [-0.25, -0.2) is 4.98 Å². The maximum atomic E-state index is 12.2. The zero-order valence-electron chi connectivity index (χ0n) is 11.8. The summed E-state index contributed by atoms with van der Waals surface area (Å²) in [7, 11) is 0. The van der Waals surface area contributed by atoms with Crippen LogP contribution in [0.25, 0.3) is 0 Å². The van der Waals surface area contributed by atoms with Crippen LogP contribution in [0.2, 0.25) is 5.15 Å². The lowest BCUT2D eigenvalue weighted by Gasteiger charge is -2.16. The average Bonchev–Trinajstić information content (AvgIpc) is 2.37. The van der Waals surface area contributed by atoms with Gasteiger partial charge in [-0.05, 0) is 31.9 Å². The third-order valence-corrected chi connectivity index (χ3v) is 3.07. The Bertz CT molecular complexity index is 423. The van der Waals surface area contributed by atoms with Gasteiger partial charge in [0.15, 0.2) is 0 Å². The first-order valence-corrected chi connectivity index (χ1v) is 7.20. The zero-order valence-corrected chi connectivity index (χ0v) is 12.5. The van der Waals surface area contributed by atoms with Gasteiger partial charge in [-0.15, -0.1) is 0 Å². The van der Waals surface area contributed by atoms with Crippen molar-refractivity contribution in [3.05, 3.63) is 22.8 Å². The van der Waals surface area contributed by atoms with Crippen molar-refractivity contribution in [1.29, 1.82) is 0 Å². The van der Waals surface area contributed by atoms with Crippen LogP contribution in [-0.4, -0.2) is 23.5 Å². The van der Waals surface area contributed by atoms with Crippen molar-refractivity contribution < 1.29 is 4.79 Å². The highest BCUT2D eigenvalue weighted by molar-refractivity contribution is 6.29. The Balaban J connectivity index is 2.80. The lowest BCUT2D eigenvalue weighted by atomic mass is 10.1. The molecule has 1 atom stereocenters. The molecule has 0 radical (unpaired) electrons. The van der Waals surface area contributed by atoms with Crippen LogP contribution in [0.4, 0.5) is 5.82 Å². The number of pyridine rings is 1. The van der Waals surface area contributed by atoms with Gasteiger partial charge in [-0.2, -0.15) is 0 Å². The molecule has 0 aliphatic heterocycles. The molecule has 1 aromatic heterocycles. The number of hydrogen-bond acceptors (Lipinski definition) is 3. The third kappa shape index (κ3) is 5.07. The smallest absolute Gasteiger partial charge is 0.251 e. The molecule has 0 spiro atoms. The Morgan fingerprint density at radius 1 is 1.37 bits per heavy atom. The molecule has 0 aliphatic carbocycles. The molecule has 2 N–H and O–H groups in total. The van der Waals surface area contributed by atoms with Crippen molar-refractivity contribution in [3.63, 3.8) is 0 Å².